The Hall–Kier alpha value is -2.66. The van der Waals surface area contributed by atoms with E-state index in [4.69, 9.17) is 0 Å². The number of carbonyl (C=O) groups is 2. The molecule has 0 fully saturated rings. The van der Waals surface area contributed by atoms with Crippen molar-refractivity contribution in [2.75, 3.05) is 16.8 Å². The van der Waals surface area contributed by atoms with Crippen molar-refractivity contribution in [1.82, 2.24) is 5.32 Å². The molecular formula is C22H27N3O2. The van der Waals surface area contributed by atoms with Gasteiger partial charge in [0.25, 0.3) is 0 Å². The highest BCUT2D eigenvalue weighted by Gasteiger charge is 2.30. The van der Waals surface area contributed by atoms with E-state index in [9.17, 15) is 9.59 Å². The molecule has 1 heterocycles. The van der Waals surface area contributed by atoms with E-state index >= 15 is 0 Å². The Labute approximate surface area is 160 Å². The third-order valence-corrected chi connectivity index (χ3v) is 4.77. The van der Waals surface area contributed by atoms with Crippen LogP contribution in [0.15, 0.2) is 54.6 Å². The molecular weight excluding hydrogens is 338 g/mol. The second-order valence-electron chi connectivity index (χ2n) is 7.47. The Morgan fingerprint density at radius 1 is 1.07 bits per heavy atom. The van der Waals surface area contributed by atoms with Gasteiger partial charge in [0, 0.05) is 6.04 Å². The highest BCUT2D eigenvalue weighted by molar-refractivity contribution is 6.11. The number of nitrogens with zero attached hydrogens (tertiary/aromatic N) is 1. The van der Waals surface area contributed by atoms with E-state index in [0.29, 0.717) is 11.6 Å². The van der Waals surface area contributed by atoms with Crippen LogP contribution in [0.25, 0.3) is 0 Å². The van der Waals surface area contributed by atoms with E-state index in [2.05, 4.69) is 36.6 Å². The van der Waals surface area contributed by atoms with E-state index in [0.717, 1.165) is 12.1 Å². The quantitative estimate of drug-likeness (QED) is 0.820. The standard InChI is InChI=1S/C22H27N3O2/c1-15(2)13-19(17-9-5-4-6-10-17)23-16(3)22(27)25-14-21(26)24-18-11-7-8-12-20(18)25/h4-12,15-16,19,23H,13-14H2,1-3H3,(H,24,26)/t16-,19-/m1/s1. The van der Waals surface area contributed by atoms with Crippen LogP contribution < -0.4 is 15.5 Å². The monoisotopic (exact) mass is 365 g/mol. The first-order valence-corrected chi connectivity index (χ1v) is 9.47. The summed E-state index contributed by atoms with van der Waals surface area (Å²) in [5, 5.41) is 6.31. The number of nitrogens with one attached hydrogen (secondary N) is 2. The van der Waals surface area contributed by atoms with Gasteiger partial charge in [-0.25, -0.2) is 0 Å². The Balaban J connectivity index is 1.79. The first kappa shape index (κ1) is 19.1. The maximum absolute atomic E-state index is 13.1. The average Bonchev–Trinajstić information content (AvgIpc) is 2.66. The Bertz CT molecular complexity index is 804. The number of amides is 2. The van der Waals surface area contributed by atoms with Crippen LogP contribution in [0, 0.1) is 5.92 Å². The van der Waals surface area contributed by atoms with Gasteiger partial charge >= 0.3 is 0 Å². The van der Waals surface area contributed by atoms with Gasteiger partial charge in [-0.3, -0.25) is 19.8 Å². The molecule has 27 heavy (non-hydrogen) atoms. The van der Waals surface area contributed by atoms with Crippen molar-refractivity contribution < 1.29 is 9.59 Å². The summed E-state index contributed by atoms with van der Waals surface area (Å²) in [7, 11) is 0. The molecule has 0 saturated heterocycles. The van der Waals surface area contributed by atoms with Gasteiger partial charge in [-0.2, -0.15) is 0 Å². The highest BCUT2D eigenvalue weighted by Crippen LogP contribution is 2.30. The molecule has 0 saturated carbocycles. The summed E-state index contributed by atoms with van der Waals surface area (Å²) in [5.74, 6) is 0.226. The molecule has 5 nitrogen and oxygen atoms in total. The van der Waals surface area contributed by atoms with Crippen LogP contribution in [0.1, 0.15) is 38.8 Å². The largest absolute Gasteiger partial charge is 0.323 e. The zero-order chi connectivity index (χ0) is 19.4. The molecule has 0 bridgehead atoms. The third-order valence-electron chi connectivity index (χ3n) is 4.77. The van der Waals surface area contributed by atoms with Gasteiger partial charge in [-0.05, 0) is 37.0 Å². The summed E-state index contributed by atoms with van der Waals surface area (Å²) in [6.45, 7) is 6.26. The Morgan fingerprint density at radius 2 is 1.74 bits per heavy atom. The maximum Gasteiger partial charge on any atom is 0.244 e. The van der Waals surface area contributed by atoms with Crippen LogP contribution in [0.3, 0.4) is 0 Å². The van der Waals surface area contributed by atoms with Crippen LogP contribution >= 0.6 is 0 Å². The summed E-state index contributed by atoms with van der Waals surface area (Å²) < 4.78 is 0. The number of benzene rings is 2. The molecule has 1 aliphatic heterocycles. The fraction of sp³-hybridized carbons (Fsp3) is 0.364. The van der Waals surface area contributed by atoms with Crippen molar-refractivity contribution >= 4 is 23.2 Å². The number of fused-ring (bicyclic) bond motifs is 1. The van der Waals surface area contributed by atoms with Gasteiger partial charge in [-0.1, -0.05) is 56.3 Å². The van der Waals surface area contributed by atoms with Crippen LogP contribution in [0.2, 0.25) is 0 Å². The molecule has 0 aromatic heterocycles. The maximum atomic E-state index is 13.1. The van der Waals surface area contributed by atoms with Gasteiger partial charge in [0.15, 0.2) is 0 Å². The first-order valence-electron chi connectivity index (χ1n) is 9.47. The van der Waals surface area contributed by atoms with Crippen LogP contribution in [0.4, 0.5) is 11.4 Å². The number of para-hydroxylation sites is 2. The molecule has 2 N–H and O–H groups in total. The average molecular weight is 365 g/mol. The molecule has 2 aromatic carbocycles. The molecule has 0 spiro atoms. The van der Waals surface area contributed by atoms with Crippen LogP contribution in [-0.4, -0.2) is 24.4 Å². The summed E-state index contributed by atoms with van der Waals surface area (Å²) >= 11 is 0. The molecule has 0 radical (unpaired) electrons. The van der Waals surface area contributed by atoms with Gasteiger partial charge in [0.2, 0.25) is 11.8 Å². The molecule has 2 atom stereocenters. The van der Waals surface area contributed by atoms with E-state index < -0.39 is 6.04 Å². The van der Waals surface area contributed by atoms with Gasteiger partial charge in [0.05, 0.1) is 17.4 Å². The van der Waals surface area contributed by atoms with Crippen LogP contribution in [-0.2, 0) is 9.59 Å². The lowest BCUT2D eigenvalue weighted by Crippen LogP contribution is -2.50. The molecule has 3 rings (SSSR count). The normalized spacial score (nSPS) is 15.9. The zero-order valence-corrected chi connectivity index (χ0v) is 16.1. The van der Waals surface area contributed by atoms with Crippen molar-refractivity contribution in [1.29, 1.82) is 0 Å². The summed E-state index contributed by atoms with van der Waals surface area (Å²) in [6, 6.07) is 17.3. The topological polar surface area (TPSA) is 61.4 Å². The zero-order valence-electron chi connectivity index (χ0n) is 16.1. The Morgan fingerprint density at radius 3 is 2.44 bits per heavy atom. The van der Waals surface area contributed by atoms with E-state index in [1.807, 2.05) is 49.4 Å². The summed E-state index contributed by atoms with van der Waals surface area (Å²) in [5.41, 5.74) is 2.59. The summed E-state index contributed by atoms with van der Waals surface area (Å²) in [4.78, 5) is 26.7. The Kier molecular flexibility index (Phi) is 5.91. The van der Waals surface area contributed by atoms with E-state index in [-0.39, 0.29) is 24.4 Å². The number of rotatable bonds is 6. The van der Waals surface area contributed by atoms with E-state index in [1.165, 1.54) is 5.56 Å². The van der Waals surface area contributed by atoms with Crippen molar-refractivity contribution in [3.63, 3.8) is 0 Å². The van der Waals surface area contributed by atoms with E-state index in [1.54, 1.807) is 4.90 Å². The minimum Gasteiger partial charge on any atom is -0.323 e. The lowest BCUT2D eigenvalue weighted by Gasteiger charge is -2.33. The molecule has 5 heteroatoms. The highest BCUT2D eigenvalue weighted by atomic mass is 16.2. The molecule has 2 amide bonds. The second-order valence-corrected chi connectivity index (χ2v) is 7.47. The molecule has 0 aliphatic carbocycles. The van der Waals surface area contributed by atoms with Gasteiger partial charge in [-0.15, -0.1) is 0 Å². The smallest absolute Gasteiger partial charge is 0.244 e. The van der Waals surface area contributed by atoms with Crippen molar-refractivity contribution in [3.8, 4) is 0 Å². The van der Waals surface area contributed by atoms with Gasteiger partial charge in [0.1, 0.15) is 6.54 Å². The number of anilines is 2. The van der Waals surface area contributed by atoms with Crippen molar-refractivity contribution in [3.05, 3.63) is 60.2 Å². The minimum absolute atomic E-state index is 0.0437. The molecule has 1 aliphatic rings. The minimum atomic E-state index is -0.409. The lowest BCUT2D eigenvalue weighted by atomic mass is 9.96. The number of hydrogen-bond acceptors (Lipinski definition) is 3. The molecule has 0 unspecified atom stereocenters. The van der Waals surface area contributed by atoms with Crippen LogP contribution in [0.5, 0.6) is 0 Å². The molecule has 2 aromatic rings. The molecule has 142 valence electrons. The first-order chi connectivity index (χ1) is 13.0. The number of carbonyl (C=O) groups excluding carboxylic acids is 2. The third kappa shape index (κ3) is 4.55. The SMILES string of the molecule is CC(C)C[C@@H](N[C@H](C)C(=O)N1CC(=O)Nc2ccccc21)c1ccccc1. The second kappa shape index (κ2) is 8.35. The fourth-order valence-corrected chi connectivity index (χ4v) is 3.49. The predicted molar refractivity (Wildman–Crippen MR) is 109 cm³/mol. The fourth-order valence-electron chi connectivity index (χ4n) is 3.49. The van der Waals surface area contributed by atoms with Gasteiger partial charge < -0.3 is 5.32 Å². The lowest BCUT2D eigenvalue weighted by molar-refractivity contribution is -0.123. The summed E-state index contributed by atoms with van der Waals surface area (Å²) in [6.07, 6.45) is 0.929. The number of hydrogen-bond donors (Lipinski definition) is 2. The predicted octanol–water partition coefficient (Wildman–Crippen LogP) is 3.74. The van der Waals surface area contributed by atoms with Crippen molar-refractivity contribution in [2.45, 2.75) is 39.3 Å². The van der Waals surface area contributed by atoms with Crippen molar-refractivity contribution in [2.24, 2.45) is 5.92 Å².